The number of hydrogen-bond donors (Lipinski definition) is 24. The summed E-state index contributed by atoms with van der Waals surface area (Å²) in [5, 5.41) is 72.6. The van der Waals surface area contributed by atoms with Crippen LogP contribution in [-0.2, 0) is 99.2 Å². The van der Waals surface area contributed by atoms with E-state index in [-0.39, 0.29) is 93.2 Å². The Kier molecular flexibility index (Phi) is 35.5. The third-order valence-corrected chi connectivity index (χ3v) is 19.3. The highest BCUT2D eigenvalue weighted by atomic mass is 32.1. The van der Waals surface area contributed by atoms with Crippen LogP contribution >= 0.6 is 25.3 Å². The number of carbonyl (C=O) groups is 14. The molecule has 116 heavy (non-hydrogen) atoms. The predicted molar refractivity (Wildman–Crippen MR) is 431 cm³/mol. The fourth-order valence-corrected chi connectivity index (χ4v) is 12.9. The van der Waals surface area contributed by atoms with Gasteiger partial charge in [0, 0.05) is 96.1 Å². The molecule has 0 radical (unpaired) electrons. The number of nitrogens with two attached hydrogens (primary N) is 3. The molecule has 12 atom stereocenters. The zero-order chi connectivity index (χ0) is 84.7. The van der Waals surface area contributed by atoms with E-state index in [1.54, 1.807) is 74.8 Å². The number of phenolic OH excluding ortho intramolecular Hbond substituents is 2. The van der Waals surface area contributed by atoms with Crippen molar-refractivity contribution >= 4 is 130 Å². The van der Waals surface area contributed by atoms with Crippen LogP contribution in [0.2, 0.25) is 0 Å². The Morgan fingerprint density at radius 1 is 0.466 bits per heavy atom. The fourth-order valence-electron chi connectivity index (χ4n) is 12.3. The molecule has 39 heteroatoms. The monoisotopic (exact) mass is 1640 g/mol. The van der Waals surface area contributed by atoms with Gasteiger partial charge in [0.05, 0.1) is 31.6 Å². The van der Waals surface area contributed by atoms with Crippen molar-refractivity contribution < 1.29 is 87.5 Å². The summed E-state index contributed by atoms with van der Waals surface area (Å²) in [6.45, 7) is 3.42. The summed E-state index contributed by atoms with van der Waals surface area (Å²) >= 11 is 8.60. The van der Waals surface area contributed by atoms with Gasteiger partial charge in [0.15, 0.2) is 0 Å². The normalized spacial score (nSPS) is 14.4. The van der Waals surface area contributed by atoms with E-state index in [2.05, 4.69) is 109 Å². The Morgan fingerprint density at radius 3 is 1.37 bits per heavy atom. The number of aromatic hydroxyl groups is 2. The summed E-state index contributed by atoms with van der Waals surface area (Å²) in [5.74, 6) is -14.4. The molecule has 4 aromatic carbocycles. The van der Waals surface area contributed by atoms with Crippen LogP contribution in [0.25, 0.3) is 21.8 Å². The van der Waals surface area contributed by atoms with Crippen molar-refractivity contribution in [2.24, 2.45) is 23.1 Å². The number of phenols is 2. The first-order valence-electron chi connectivity index (χ1n) is 37.4. The molecule has 0 spiro atoms. The molecule has 7 rings (SSSR count). The number of aliphatic carboxylic acids is 1. The molecule has 7 aromatic rings. The Hall–Kier alpha value is -12.1. The Balaban J connectivity index is 1.03. The summed E-state index contributed by atoms with van der Waals surface area (Å²) in [6.07, 6.45) is 3.47. The number of primary amides is 1. The maximum atomic E-state index is 14.9. The molecule has 0 aliphatic heterocycles. The highest BCUT2D eigenvalue weighted by molar-refractivity contribution is 7.80. The first-order valence-corrected chi connectivity index (χ1v) is 38.7. The zero-order valence-electron chi connectivity index (χ0n) is 63.9. The molecule has 3 aromatic heterocycles. The van der Waals surface area contributed by atoms with Gasteiger partial charge in [-0.05, 0) is 110 Å². The number of nitrogens with one attached hydrogen (secondary N) is 15. The number of hydrogen-bond acceptors (Lipinski definition) is 22. The van der Waals surface area contributed by atoms with E-state index >= 15 is 0 Å². The molecule has 0 aliphatic rings. The lowest BCUT2D eigenvalue weighted by atomic mass is 10.0. The maximum Gasteiger partial charge on any atom is 0.326 e. The second-order valence-corrected chi connectivity index (χ2v) is 28.9. The fraction of sp³-hybridized carbons (Fsp3) is 0.416. The van der Waals surface area contributed by atoms with E-state index in [0.29, 0.717) is 56.9 Å². The van der Waals surface area contributed by atoms with Gasteiger partial charge in [-0.1, -0.05) is 74.5 Å². The first kappa shape index (κ1) is 91.1. The van der Waals surface area contributed by atoms with Gasteiger partial charge in [-0.25, -0.2) is 9.78 Å². The number of nitrogens with zero attached hydrogens (tertiary/aromatic N) is 1. The first-order chi connectivity index (χ1) is 55.3. The van der Waals surface area contributed by atoms with E-state index in [9.17, 15) is 87.5 Å². The Morgan fingerprint density at radius 2 is 0.888 bits per heavy atom. The number of aliphatic hydroxyl groups excluding tert-OH is 1. The van der Waals surface area contributed by atoms with Crippen LogP contribution in [0.5, 0.6) is 11.5 Å². The van der Waals surface area contributed by atoms with Crippen molar-refractivity contribution in [2.45, 2.75) is 164 Å². The van der Waals surface area contributed by atoms with Gasteiger partial charge in [0.2, 0.25) is 76.8 Å². The Labute approximate surface area is 677 Å². The smallest absolute Gasteiger partial charge is 0.326 e. The standard InChI is InChI=1S/C77H101N19O18S2/c1-40(2)26-55(71(107)94-61(37-115)69(105)85-35-64(101)87-54(14-8-9-25-78)70(106)93-60(77(113)114)28-43-17-21-48(99)22-18-43)88-65(102)36-84-68(104)57(29-44-32-82-52-12-6-4-10-49(44)52)90-74(110)59(31-46-34-81-39-86-46)92-76(112)66(41(3)97)96-75(111)62(38-116)95-73(109)58(30-45-33-83-53-13-7-5-11-50(45)53)91-72(108)56(27-42-15-19-47(98)20-16-42)89-67(103)51(79)23-24-63(80)100/h4-7,10-13,15-22,32-34,39-41,51,54-62,66,82-83,97-99,115-116H,8-9,14,23-31,35-38,78-79H2,1-3H3,(H2,80,100)(H,81,86)(H,84,104)(H,85,105)(H,87,101)(H,88,102)(H,89,103)(H,90,110)(H,91,108)(H,92,112)(H,93,106)(H,94,107)(H,95,109)(H,96,111)(H,113,114)/t41-,51+,54+,55+,56+,57+,58+,59+,60+,61+,62+,66+/m1/s1. The van der Waals surface area contributed by atoms with E-state index < -0.39 is 174 Å². The third-order valence-electron chi connectivity index (χ3n) is 18.6. The number of carbonyl (C=O) groups excluding carboxylic acids is 13. The quantitative estimate of drug-likeness (QED) is 0.0138. The van der Waals surface area contributed by atoms with Crippen LogP contribution in [0.1, 0.15) is 87.2 Å². The lowest BCUT2D eigenvalue weighted by Gasteiger charge is -2.28. The number of aliphatic hydroxyl groups is 1. The summed E-state index contributed by atoms with van der Waals surface area (Å²) in [4.78, 5) is 206. The second-order valence-electron chi connectivity index (χ2n) is 28.2. The van der Waals surface area contributed by atoms with Crippen molar-refractivity contribution in [3.63, 3.8) is 0 Å². The molecule has 25 N–H and O–H groups in total. The number of carboxylic acids is 1. The Bertz CT molecular complexity index is 4540. The number of aromatic nitrogens is 4. The summed E-state index contributed by atoms with van der Waals surface area (Å²) in [6, 6.07) is 9.22. The molecular formula is C77H101N19O18S2. The van der Waals surface area contributed by atoms with Gasteiger partial charge in [0.1, 0.15) is 71.9 Å². The van der Waals surface area contributed by atoms with Crippen molar-refractivity contribution in [1.29, 1.82) is 0 Å². The van der Waals surface area contributed by atoms with Crippen molar-refractivity contribution in [3.05, 3.63) is 150 Å². The van der Waals surface area contributed by atoms with Crippen molar-refractivity contribution in [2.75, 3.05) is 31.1 Å². The van der Waals surface area contributed by atoms with E-state index in [0.717, 1.165) is 6.92 Å². The molecule has 0 unspecified atom stereocenters. The van der Waals surface area contributed by atoms with Crippen molar-refractivity contribution in [1.82, 2.24) is 83.7 Å². The zero-order valence-corrected chi connectivity index (χ0v) is 65.7. The van der Waals surface area contributed by atoms with Crippen LogP contribution in [-0.4, -0.2) is 227 Å². The number of imidazole rings is 1. The van der Waals surface area contributed by atoms with Gasteiger partial charge >= 0.3 is 5.97 Å². The highest BCUT2D eigenvalue weighted by Gasteiger charge is 2.38. The molecular weight excluding hydrogens is 1540 g/mol. The number of rotatable bonds is 47. The molecule has 0 aliphatic carbocycles. The van der Waals surface area contributed by atoms with E-state index in [1.165, 1.54) is 61.1 Å². The average molecular weight is 1640 g/mol. The van der Waals surface area contributed by atoms with Gasteiger partial charge < -0.3 is 116 Å². The highest BCUT2D eigenvalue weighted by Crippen LogP contribution is 2.23. The van der Waals surface area contributed by atoms with Crippen LogP contribution in [0, 0.1) is 5.92 Å². The second kappa shape index (κ2) is 45.1. The SMILES string of the molecule is CC(C)C[C@H](NC(=O)CNC(=O)[C@H](Cc1c[nH]c2ccccc12)NC(=O)[C@H](Cc1cnc[nH]1)NC(=O)[C@@H](NC(=O)[C@H](CS)NC(=O)[C@H](Cc1c[nH]c2ccccc12)NC(=O)[C@H](Cc1ccc(O)cc1)NC(=O)[C@@H](N)CCC(N)=O)[C@@H](C)O)C(=O)N[C@@H](CS)C(=O)NCC(=O)N[C@@H](CCCCN)C(=O)N[C@@H](Cc1ccc(O)cc1)C(=O)O. The lowest BCUT2D eigenvalue weighted by molar-refractivity contribution is -0.142. The minimum atomic E-state index is -1.88. The molecule has 624 valence electrons. The van der Waals surface area contributed by atoms with Crippen LogP contribution < -0.4 is 81.0 Å². The van der Waals surface area contributed by atoms with Crippen LogP contribution in [0.3, 0.4) is 0 Å². The predicted octanol–water partition coefficient (Wildman–Crippen LogP) is -2.53. The average Bonchev–Trinajstić information content (AvgIpc) is 1.31. The molecule has 3 heterocycles. The molecule has 0 saturated carbocycles. The number of aromatic amines is 3. The number of H-pyrrole nitrogens is 3. The largest absolute Gasteiger partial charge is 0.508 e. The minimum absolute atomic E-state index is 0.000131. The molecule has 13 amide bonds. The number of fused-ring (bicyclic) bond motifs is 2. The molecule has 0 bridgehead atoms. The van der Waals surface area contributed by atoms with E-state index in [4.69, 9.17) is 17.2 Å². The minimum Gasteiger partial charge on any atom is -0.508 e. The van der Waals surface area contributed by atoms with Crippen LogP contribution in [0.4, 0.5) is 0 Å². The van der Waals surface area contributed by atoms with Crippen molar-refractivity contribution in [3.8, 4) is 11.5 Å². The topological polar surface area (TPSA) is 603 Å². The third kappa shape index (κ3) is 28.5. The molecule has 0 saturated heterocycles. The number of unbranched alkanes of at least 4 members (excludes halogenated alkanes) is 1. The van der Waals surface area contributed by atoms with Gasteiger partial charge in [0.25, 0.3) is 0 Å². The summed E-state index contributed by atoms with van der Waals surface area (Å²) in [7, 11) is 0. The number of thiol groups is 2. The number of amides is 13. The van der Waals surface area contributed by atoms with Gasteiger partial charge in [-0.2, -0.15) is 25.3 Å². The molecule has 0 fully saturated rings. The maximum absolute atomic E-state index is 14.9. The summed E-state index contributed by atoms with van der Waals surface area (Å²) < 4.78 is 0. The van der Waals surface area contributed by atoms with E-state index in [1.807, 2.05) is 0 Å². The number of carboxylic acid groups (broad SMARTS) is 1. The van der Waals surface area contributed by atoms with Gasteiger partial charge in [-0.15, -0.1) is 0 Å². The number of para-hydroxylation sites is 2. The number of benzene rings is 4. The van der Waals surface area contributed by atoms with Gasteiger partial charge in [-0.3, -0.25) is 62.3 Å². The summed E-state index contributed by atoms with van der Waals surface area (Å²) in [5.41, 5.74) is 20.7. The van der Waals surface area contributed by atoms with Crippen LogP contribution in [0.15, 0.2) is 122 Å². The lowest BCUT2D eigenvalue weighted by Crippen LogP contribution is -2.62. The molecule has 37 nitrogen and oxygen atoms in total.